The molecular weight excluding hydrogens is 519 g/mol. The predicted octanol–water partition coefficient (Wildman–Crippen LogP) is 3.42. The third-order valence-corrected chi connectivity index (χ3v) is 6.19. The molecule has 214 valence electrons. The largest absolute Gasteiger partial charge is 0.465 e. The number of carboxylic acid groups (broad SMARTS) is 1. The lowest BCUT2D eigenvalue weighted by atomic mass is 10.0. The van der Waals surface area contributed by atoms with Gasteiger partial charge in [0.05, 0.1) is 23.3 Å². The molecule has 3 rings (SSSR count). The standard InChI is InChI=1S/C28H35FN6O5/c1-16(2)13-19-24(29)17(3)30-22-14-18(31-25(19)22)15-35-12-8-10-21(27(35)38)32-26(37)20(33-28(39)40)9-6-7-11-23(36)34(4)5/h7-8,10-12,14,16,20,31,33H,6,9,13,15H2,1-5H3,(H,32,37)(H,39,40)/b11-7+. The van der Waals surface area contributed by atoms with E-state index in [1.807, 2.05) is 13.8 Å². The third kappa shape index (κ3) is 7.55. The van der Waals surface area contributed by atoms with Crippen molar-refractivity contribution in [3.05, 3.63) is 69.7 Å². The van der Waals surface area contributed by atoms with E-state index in [1.165, 1.54) is 21.6 Å². The van der Waals surface area contributed by atoms with Gasteiger partial charge in [-0.3, -0.25) is 14.4 Å². The molecule has 0 aromatic carbocycles. The van der Waals surface area contributed by atoms with Gasteiger partial charge in [-0.1, -0.05) is 19.9 Å². The van der Waals surface area contributed by atoms with Crippen molar-refractivity contribution < 1.29 is 23.9 Å². The van der Waals surface area contributed by atoms with E-state index in [4.69, 9.17) is 0 Å². The highest BCUT2D eigenvalue weighted by Crippen LogP contribution is 2.25. The van der Waals surface area contributed by atoms with Crippen LogP contribution in [-0.4, -0.2) is 62.6 Å². The van der Waals surface area contributed by atoms with Gasteiger partial charge in [0.25, 0.3) is 5.56 Å². The first-order valence-corrected chi connectivity index (χ1v) is 12.9. The van der Waals surface area contributed by atoms with Crippen molar-refractivity contribution in [2.24, 2.45) is 5.92 Å². The molecule has 40 heavy (non-hydrogen) atoms. The number of aromatic nitrogens is 3. The van der Waals surface area contributed by atoms with Crippen LogP contribution in [0.25, 0.3) is 11.0 Å². The number of allylic oxidation sites excluding steroid dienone is 1. The van der Waals surface area contributed by atoms with E-state index in [9.17, 15) is 28.7 Å². The fourth-order valence-corrected chi connectivity index (χ4v) is 4.23. The molecule has 12 heteroatoms. The Kier molecular flexibility index (Phi) is 9.81. The summed E-state index contributed by atoms with van der Waals surface area (Å²) >= 11 is 0. The fraction of sp³-hybridized carbons (Fsp3) is 0.393. The van der Waals surface area contributed by atoms with Crippen LogP contribution in [0.3, 0.4) is 0 Å². The van der Waals surface area contributed by atoms with Crippen LogP contribution in [0.4, 0.5) is 14.9 Å². The summed E-state index contributed by atoms with van der Waals surface area (Å²) < 4.78 is 16.2. The molecule has 0 radical (unpaired) electrons. The molecule has 0 fully saturated rings. The van der Waals surface area contributed by atoms with Crippen molar-refractivity contribution in [2.45, 2.75) is 52.6 Å². The zero-order valence-corrected chi connectivity index (χ0v) is 23.2. The number of hydrogen-bond acceptors (Lipinski definition) is 5. The molecule has 1 atom stereocenters. The van der Waals surface area contributed by atoms with E-state index in [0.717, 1.165) is 0 Å². The second-order valence-corrected chi connectivity index (χ2v) is 10.2. The monoisotopic (exact) mass is 554 g/mol. The second-order valence-electron chi connectivity index (χ2n) is 10.2. The molecule has 0 bridgehead atoms. The average molecular weight is 555 g/mol. The van der Waals surface area contributed by atoms with E-state index < -0.39 is 23.6 Å². The van der Waals surface area contributed by atoms with Gasteiger partial charge in [0.2, 0.25) is 11.8 Å². The number of hydrogen-bond donors (Lipinski definition) is 4. The number of carbonyl (C=O) groups is 3. The van der Waals surface area contributed by atoms with Gasteiger partial charge in [0.15, 0.2) is 0 Å². The third-order valence-electron chi connectivity index (χ3n) is 6.19. The van der Waals surface area contributed by atoms with E-state index in [1.54, 1.807) is 45.4 Å². The van der Waals surface area contributed by atoms with Crippen molar-refractivity contribution in [1.29, 1.82) is 0 Å². The Labute approximate surface area is 231 Å². The summed E-state index contributed by atoms with van der Waals surface area (Å²) in [5, 5.41) is 13.8. The molecule has 11 nitrogen and oxygen atoms in total. The van der Waals surface area contributed by atoms with Crippen LogP contribution in [-0.2, 0) is 22.6 Å². The number of fused-ring (bicyclic) bond motifs is 1. The second kappa shape index (κ2) is 13.0. The summed E-state index contributed by atoms with van der Waals surface area (Å²) in [7, 11) is 3.20. The number of amides is 3. The Morgan fingerprint density at radius 2 is 2.00 bits per heavy atom. The molecule has 0 spiro atoms. The van der Waals surface area contributed by atoms with Gasteiger partial charge in [-0.2, -0.15) is 0 Å². The first-order valence-electron chi connectivity index (χ1n) is 12.9. The maximum absolute atomic E-state index is 14.8. The van der Waals surface area contributed by atoms with Crippen molar-refractivity contribution in [3.8, 4) is 0 Å². The molecule has 3 heterocycles. The molecular formula is C28H35FN6O5. The Bertz CT molecular complexity index is 1490. The highest BCUT2D eigenvalue weighted by molar-refractivity contribution is 5.96. The number of aryl methyl sites for hydroxylation is 1. The summed E-state index contributed by atoms with van der Waals surface area (Å²) in [6.45, 7) is 5.74. The molecule has 0 saturated heterocycles. The zero-order valence-electron chi connectivity index (χ0n) is 23.2. The van der Waals surface area contributed by atoms with Crippen LogP contribution in [0, 0.1) is 18.7 Å². The fourth-order valence-electron chi connectivity index (χ4n) is 4.23. The number of anilines is 1. The first kappa shape index (κ1) is 30.1. The molecule has 4 N–H and O–H groups in total. The molecule has 3 aromatic rings. The zero-order chi connectivity index (χ0) is 29.6. The van der Waals surface area contributed by atoms with Crippen molar-refractivity contribution >= 4 is 34.6 Å². The van der Waals surface area contributed by atoms with Gasteiger partial charge in [0, 0.05) is 31.5 Å². The first-order chi connectivity index (χ1) is 18.9. The Morgan fingerprint density at radius 3 is 2.65 bits per heavy atom. The maximum atomic E-state index is 14.8. The van der Waals surface area contributed by atoms with Crippen LogP contribution < -0.4 is 16.2 Å². The highest BCUT2D eigenvalue weighted by atomic mass is 19.1. The quantitative estimate of drug-likeness (QED) is 0.267. The number of pyridine rings is 2. The molecule has 3 amide bonds. The summed E-state index contributed by atoms with van der Waals surface area (Å²) in [5.41, 5.74) is 2.15. The highest BCUT2D eigenvalue weighted by Gasteiger charge is 2.22. The average Bonchev–Trinajstić information content (AvgIpc) is 3.27. The Balaban J connectivity index is 1.79. The number of rotatable bonds is 11. The topological polar surface area (TPSA) is 149 Å². The smallest absolute Gasteiger partial charge is 0.405 e. The van der Waals surface area contributed by atoms with Gasteiger partial charge in [-0.05, 0) is 56.4 Å². The number of likely N-dealkylation sites (N-methyl/N-ethyl adjacent to an activating group) is 1. The summed E-state index contributed by atoms with van der Waals surface area (Å²) in [6, 6.07) is 3.63. The van der Waals surface area contributed by atoms with E-state index >= 15 is 0 Å². The lowest BCUT2D eigenvalue weighted by Gasteiger charge is -2.16. The van der Waals surface area contributed by atoms with Crippen LogP contribution in [0.1, 0.15) is 43.6 Å². The summed E-state index contributed by atoms with van der Waals surface area (Å²) in [6.07, 6.45) is 3.91. The normalized spacial score (nSPS) is 12.2. The number of H-pyrrole nitrogens is 1. The lowest BCUT2D eigenvalue weighted by molar-refractivity contribution is -0.123. The van der Waals surface area contributed by atoms with Gasteiger partial charge in [-0.15, -0.1) is 0 Å². The van der Waals surface area contributed by atoms with Gasteiger partial charge < -0.3 is 30.2 Å². The number of aromatic amines is 1. The Morgan fingerprint density at radius 1 is 1.27 bits per heavy atom. The van der Waals surface area contributed by atoms with Crippen molar-refractivity contribution in [1.82, 2.24) is 24.8 Å². The minimum Gasteiger partial charge on any atom is -0.465 e. The molecule has 0 aliphatic heterocycles. The van der Waals surface area contributed by atoms with Crippen LogP contribution in [0.5, 0.6) is 0 Å². The molecule has 0 aliphatic rings. The maximum Gasteiger partial charge on any atom is 0.405 e. The van der Waals surface area contributed by atoms with Crippen LogP contribution >= 0.6 is 0 Å². The van der Waals surface area contributed by atoms with Crippen LogP contribution in [0.2, 0.25) is 0 Å². The van der Waals surface area contributed by atoms with E-state index in [0.29, 0.717) is 34.4 Å². The molecule has 0 saturated carbocycles. The van der Waals surface area contributed by atoms with Gasteiger partial charge in [0.1, 0.15) is 17.5 Å². The van der Waals surface area contributed by atoms with Gasteiger partial charge >= 0.3 is 6.09 Å². The summed E-state index contributed by atoms with van der Waals surface area (Å²) in [5.74, 6) is -1.06. The number of carbonyl (C=O) groups excluding carboxylic acids is 2. The number of nitrogens with zero attached hydrogens (tertiary/aromatic N) is 3. The molecule has 3 aromatic heterocycles. The minimum absolute atomic E-state index is 0.0281. The summed E-state index contributed by atoms with van der Waals surface area (Å²) in [4.78, 5) is 57.9. The number of nitrogens with one attached hydrogen (secondary N) is 3. The van der Waals surface area contributed by atoms with E-state index in [-0.39, 0.29) is 42.7 Å². The lowest BCUT2D eigenvalue weighted by Crippen LogP contribution is -2.44. The minimum atomic E-state index is -1.39. The van der Waals surface area contributed by atoms with Crippen molar-refractivity contribution in [3.63, 3.8) is 0 Å². The van der Waals surface area contributed by atoms with Crippen LogP contribution in [0.15, 0.2) is 41.3 Å². The SMILES string of the molecule is Cc1nc2cc(Cn3cccc(NC(=O)C(CC/C=C/C(=O)N(C)C)NC(=O)O)c3=O)[nH]c2c(CC(C)C)c1F. The molecule has 0 aliphatic carbocycles. The predicted molar refractivity (Wildman–Crippen MR) is 150 cm³/mol. The molecule has 1 unspecified atom stereocenters. The Hall–Kier alpha value is -4.48. The van der Waals surface area contributed by atoms with Crippen molar-refractivity contribution in [2.75, 3.05) is 19.4 Å². The van der Waals surface area contributed by atoms with E-state index in [2.05, 4.69) is 20.6 Å². The number of halogens is 1. The van der Waals surface area contributed by atoms with Gasteiger partial charge in [-0.25, -0.2) is 14.2 Å².